The average molecular weight is 468 g/mol. The van der Waals surface area contributed by atoms with Gasteiger partial charge in [0.2, 0.25) is 0 Å². The molecule has 2 nitrogen and oxygen atoms in total. The van der Waals surface area contributed by atoms with Crippen molar-refractivity contribution in [3.8, 4) is 0 Å². The van der Waals surface area contributed by atoms with Gasteiger partial charge in [-0.15, -0.1) is 29.7 Å². The molecule has 1 heterocycles. The molecule has 4 aromatic rings. The Hall–Kier alpha value is -1.79. The summed E-state index contributed by atoms with van der Waals surface area (Å²) in [6, 6.07) is 17.7. The predicted molar refractivity (Wildman–Crippen MR) is 89.5 cm³/mol. The fourth-order valence-electron chi connectivity index (χ4n) is 2.63. The molecule has 0 aliphatic carbocycles. The fourth-order valence-corrected chi connectivity index (χ4v) is 2.63. The van der Waals surface area contributed by atoms with Crippen molar-refractivity contribution in [2.45, 2.75) is 20.8 Å². The van der Waals surface area contributed by atoms with Crippen molar-refractivity contribution in [2.24, 2.45) is 0 Å². The molecule has 22 heavy (non-hydrogen) atoms. The van der Waals surface area contributed by atoms with Gasteiger partial charge in [-0.25, -0.2) is 0 Å². The summed E-state index contributed by atoms with van der Waals surface area (Å²) < 4.78 is 0. The second-order valence-electron chi connectivity index (χ2n) is 4.71. The Morgan fingerprint density at radius 1 is 0.864 bits per heavy atom. The molecule has 0 spiro atoms. The molecule has 0 saturated heterocycles. The van der Waals surface area contributed by atoms with Crippen molar-refractivity contribution >= 4 is 32.6 Å². The summed E-state index contributed by atoms with van der Waals surface area (Å²) in [6.07, 6.45) is 1.82. The van der Waals surface area contributed by atoms with E-state index in [0.717, 1.165) is 27.5 Å². The molecule has 0 unspecified atom stereocenters. The number of aryl methyl sites for hydroxylation is 1. The zero-order chi connectivity index (χ0) is 14.8. The summed E-state index contributed by atoms with van der Waals surface area (Å²) in [4.78, 5) is 9.24. The zero-order valence-electron chi connectivity index (χ0n) is 12.8. The second kappa shape index (κ2) is 6.98. The van der Waals surface area contributed by atoms with Gasteiger partial charge in [-0.1, -0.05) is 48.9 Å². The first-order valence-electron chi connectivity index (χ1n) is 7.29. The largest absolute Gasteiger partial charge is 0.301 e. The zero-order valence-corrected chi connectivity index (χ0v) is 15.1. The monoisotopic (exact) mass is 468 g/mol. The molecule has 4 rings (SSSR count). The van der Waals surface area contributed by atoms with E-state index in [1.54, 1.807) is 0 Å². The molecule has 114 valence electrons. The Morgan fingerprint density at radius 2 is 1.55 bits per heavy atom. The van der Waals surface area contributed by atoms with Crippen LogP contribution < -0.4 is 0 Å². The van der Waals surface area contributed by atoms with E-state index in [9.17, 15) is 0 Å². The van der Waals surface area contributed by atoms with E-state index in [1.807, 2.05) is 45.2 Å². The molecule has 0 saturated carbocycles. The Morgan fingerprint density at radius 3 is 2.32 bits per heavy atom. The van der Waals surface area contributed by atoms with Gasteiger partial charge in [0.15, 0.2) is 0 Å². The van der Waals surface area contributed by atoms with Crippen LogP contribution in [0, 0.1) is 13.0 Å². The number of fused-ring (bicyclic) bond motifs is 6. The molecule has 0 atom stereocenters. The van der Waals surface area contributed by atoms with E-state index in [2.05, 4.69) is 40.3 Å². The first kappa shape index (κ1) is 16.6. The van der Waals surface area contributed by atoms with Gasteiger partial charge in [-0.2, -0.15) is 0 Å². The summed E-state index contributed by atoms with van der Waals surface area (Å²) in [7, 11) is 0. The molecule has 3 aromatic carbocycles. The Kier molecular flexibility index (Phi) is 5.26. The minimum Gasteiger partial charge on any atom is -0.301 e. The van der Waals surface area contributed by atoms with Gasteiger partial charge >= 0.3 is 0 Å². The second-order valence-corrected chi connectivity index (χ2v) is 4.71. The van der Waals surface area contributed by atoms with Crippen LogP contribution in [0.3, 0.4) is 0 Å². The van der Waals surface area contributed by atoms with Gasteiger partial charge in [0, 0.05) is 32.8 Å². The molecule has 0 N–H and O–H groups in total. The van der Waals surface area contributed by atoms with Crippen LogP contribution in [0.2, 0.25) is 0 Å². The summed E-state index contributed by atoms with van der Waals surface area (Å²) in [5, 5.41) is 4.59. The maximum absolute atomic E-state index is 4.67. The molecule has 0 radical (unpaired) electrons. The van der Waals surface area contributed by atoms with Crippen LogP contribution in [0.1, 0.15) is 19.5 Å². The third-order valence-electron chi connectivity index (χ3n) is 3.46. The van der Waals surface area contributed by atoms with Crippen LogP contribution in [-0.2, 0) is 21.1 Å². The van der Waals surface area contributed by atoms with Crippen LogP contribution in [-0.4, -0.2) is 9.97 Å². The van der Waals surface area contributed by atoms with Crippen molar-refractivity contribution in [3.63, 3.8) is 0 Å². The molecule has 0 amide bonds. The molecular formula is C19H17N2Pt-. The topological polar surface area (TPSA) is 25.8 Å². The normalized spacial score (nSPS) is 10.1. The van der Waals surface area contributed by atoms with Crippen LogP contribution in [0.15, 0.2) is 48.7 Å². The molecule has 0 fully saturated rings. The molecule has 0 aliphatic rings. The predicted octanol–water partition coefficient (Wildman–Crippen LogP) is 5.07. The van der Waals surface area contributed by atoms with Gasteiger partial charge in [0.05, 0.1) is 11.2 Å². The third-order valence-corrected chi connectivity index (χ3v) is 3.46. The summed E-state index contributed by atoms with van der Waals surface area (Å²) in [5.74, 6) is 0. The van der Waals surface area contributed by atoms with Crippen molar-refractivity contribution in [1.82, 2.24) is 9.97 Å². The maximum atomic E-state index is 4.67. The number of aromatic nitrogens is 2. The van der Waals surface area contributed by atoms with E-state index in [-0.39, 0.29) is 21.1 Å². The van der Waals surface area contributed by atoms with Crippen LogP contribution in [0.25, 0.3) is 32.6 Å². The van der Waals surface area contributed by atoms with Crippen molar-refractivity contribution in [1.29, 1.82) is 0 Å². The SMILES string of the molecule is CC.Cc1cnc2c3[c-]cccc3c3ccccc3c2n1.[Pt]. The van der Waals surface area contributed by atoms with E-state index in [0.29, 0.717) is 0 Å². The third kappa shape index (κ3) is 2.64. The molecule has 0 aliphatic heterocycles. The Balaban J connectivity index is 0.000000566. The first-order chi connectivity index (χ1) is 10.3. The molecular weight excluding hydrogens is 451 g/mol. The van der Waals surface area contributed by atoms with Gasteiger partial charge in [-0.3, -0.25) is 4.98 Å². The van der Waals surface area contributed by atoms with E-state index < -0.39 is 0 Å². The van der Waals surface area contributed by atoms with Crippen molar-refractivity contribution in [2.75, 3.05) is 0 Å². The summed E-state index contributed by atoms with van der Waals surface area (Å²) in [5.41, 5.74) is 2.83. The van der Waals surface area contributed by atoms with Gasteiger partial charge in [0.25, 0.3) is 0 Å². The van der Waals surface area contributed by atoms with Crippen molar-refractivity contribution < 1.29 is 21.1 Å². The molecule has 3 heteroatoms. The van der Waals surface area contributed by atoms with E-state index in [1.165, 1.54) is 10.8 Å². The Bertz CT molecular complexity index is 897. The quantitative estimate of drug-likeness (QED) is 0.266. The van der Waals surface area contributed by atoms with E-state index in [4.69, 9.17) is 0 Å². The van der Waals surface area contributed by atoms with E-state index >= 15 is 0 Å². The average Bonchev–Trinajstić information content (AvgIpc) is 2.57. The maximum Gasteiger partial charge on any atom is 0.0548 e. The summed E-state index contributed by atoms with van der Waals surface area (Å²) >= 11 is 0. The standard InChI is InChI=1S/C17H11N2.C2H6.Pt/c1-11-10-18-16-14-8-4-2-6-12(14)13-7-3-5-9-15(13)17(16)19-11;1-2;/h2-7,9-10H,1H3;1-2H3;/q-1;;. The van der Waals surface area contributed by atoms with Gasteiger partial charge in [-0.05, 0) is 12.3 Å². The number of hydrogen-bond donors (Lipinski definition) is 0. The van der Waals surface area contributed by atoms with Crippen LogP contribution >= 0.6 is 0 Å². The van der Waals surface area contributed by atoms with Crippen molar-refractivity contribution in [3.05, 3.63) is 60.4 Å². The first-order valence-corrected chi connectivity index (χ1v) is 7.29. The number of benzene rings is 3. The fraction of sp³-hybridized carbons (Fsp3) is 0.158. The number of rotatable bonds is 0. The Labute approximate surface area is 144 Å². The van der Waals surface area contributed by atoms with Gasteiger partial charge < -0.3 is 4.98 Å². The number of hydrogen-bond acceptors (Lipinski definition) is 2. The number of nitrogens with zero attached hydrogens (tertiary/aromatic N) is 2. The smallest absolute Gasteiger partial charge is 0.0548 e. The van der Waals surface area contributed by atoms with Gasteiger partial charge in [0.1, 0.15) is 0 Å². The molecule has 0 bridgehead atoms. The van der Waals surface area contributed by atoms with Crippen LogP contribution in [0.4, 0.5) is 0 Å². The summed E-state index contributed by atoms with van der Waals surface area (Å²) in [6.45, 7) is 5.97. The minimum atomic E-state index is 0. The minimum absolute atomic E-state index is 0. The molecule has 1 aromatic heterocycles. The van der Waals surface area contributed by atoms with Crippen LogP contribution in [0.5, 0.6) is 0 Å².